The first kappa shape index (κ1) is 47.0. The Bertz CT molecular complexity index is 1870. The fourth-order valence-electron chi connectivity index (χ4n) is 7.61. The molecule has 1 aliphatic heterocycles. The van der Waals surface area contributed by atoms with Gasteiger partial charge in [-0.25, -0.2) is 9.36 Å². The van der Waals surface area contributed by atoms with Crippen LogP contribution in [0.1, 0.15) is 69.9 Å². The molecule has 0 bridgehead atoms. The minimum absolute atomic E-state index is 0.0225. The zero-order chi connectivity index (χ0) is 44.0. The fourth-order valence-corrected chi connectivity index (χ4v) is 8.43. The number of carbonyl (C=O) groups excluding carboxylic acids is 6. The van der Waals surface area contributed by atoms with E-state index >= 15 is 0 Å². The highest BCUT2D eigenvalue weighted by Crippen LogP contribution is 2.32. The Kier molecular flexibility index (Phi) is 17.3. The topological polar surface area (TPSA) is 256 Å². The van der Waals surface area contributed by atoms with E-state index in [0.29, 0.717) is 42.5 Å². The van der Waals surface area contributed by atoms with Crippen molar-refractivity contribution in [2.24, 2.45) is 18.7 Å². The lowest BCUT2D eigenvalue weighted by atomic mass is 9.83. The number of nitrogens with one attached hydrogen (secondary N) is 4. The van der Waals surface area contributed by atoms with Crippen molar-refractivity contribution in [3.8, 4) is 0 Å². The molecule has 9 N–H and O–H groups in total. The number of thioether (sulfide) groups is 1. The number of likely N-dealkylation sites (tertiary alicyclic amines) is 1. The normalized spacial score (nSPS) is 17.6. The van der Waals surface area contributed by atoms with Crippen LogP contribution in [0.4, 0.5) is 10.5 Å². The van der Waals surface area contributed by atoms with Gasteiger partial charge in [-0.15, -0.1) is 11.8 Å². The lowest BCUT2D eigenvalue weighted by molar-refractivity contribution is -0.671. The number of rotatable bonds is 20. The third kappa shape index (κ3) is 13.7. The van der Waals surface area contributed by atoms with E-state index in [0.717, 1.165) is 31.0 Å². The summed E-state index contributed by atoms with van der Waals surface area (Å²) in [5.74, 6) is -5.16. The second kappa shape index (κ2) is 22.1. The highest BCUT2D eigenvalue weighted by molar-refractivity contribution is 8.01. The van der Waals surface area contributed by atoms with Gasteiger partial charge < -0.3 is 47.5 Å². The van der Waals surface area contributed by atoms with Gasteiger partial charge in [0.2, 0.25) is 29.5 Å². The van der Waals surface area contributed by atoms with Crippen LogP contribution >= 0.6 is 11.8 Å². The average Bonchev–Trinajstić information content (AvgIpc) is 3.71. The number of nitrogen functional groups attached to an aromatic ring is 1. The molecule has 60 heavy (non-hydrogen) atoms. The van der Waals surface area contributed by atoms with Crippen molar-refractivity contribution in [1.29, 1.82) is 0 Å². The molecule has 5 atom stereocenters. The van der Waals surface area contributed by atoms with Gasteiger partial charge in [0.05, 0.1) is 5.75 Å². The maximum Gasteiger partial charge on any atom is 0.408 e. The largest absolute Gasteiger partial charge is 0.481 e. The van der Waals surface area contributed by atoms with Crippen LogP contribution in [0.3, 0.4) is 0 Å². The second-order valence-corrected chi connectivity index (χ2v) is 17.5. The molecule has 0 spiro atoms. The van der Waals surface area contributed by atoms with E-state index in [1.807, 2.05) is 0 Å². The summed E-state index contributed by atoms with van der Waals surface area (Å²) in [5, 5.41) is 20.7. The SMILES string of the molecule is C=CCOC(=O)N[C@@H](Cc1ccc(N)cc1)C(=O)N[C@H](C(=O)N[C@@H](Cc1ccc[n+](C)c1)C(=O)N[C@H](C(=O)N1CCC[C@H]1C(N)=O)C(C)(C)SCC(=O)O)C1CCCCC1. The minimum atomic E-state index is -1.34. The van der Waals surface area contributed by atoms with E-state index in [1.54, 1.807) is 74.3 Å². The van der Waals surface area contributed by atoms with Crippen LogP contribution in [0, 0.1) is 5.92 Å². The van der Waals surface area contributed by atoms with Crippen LogP contribution in [0.15, 0.2) is 61.4 Å². The van der Waals surface area contributed by atoms with Crippen LogP contribution in [0.5, 0.6) is 0 Å². The van der Waals surface area contributed by atoms with Crippen molar-refractivity contribution >= 4 is 59.0 Å². The number of aromatic nitrogens is 1. The number of ether oxygens (including phenoxy) is 1. The Morgan fingerprint density at radius 2 is 1.57 bits per heavy atom. The monoisotopic (exact) mass is 851 g/mol. The average molecular weight is 852 g/mol. The molecule has 0 unspecified atom stereocenters. The number of primary amides is 1. The molecule has 1 saturated carbocycles. The maximum atomic E-state index is 14.6. The summed E-state index contributed by atoms with van der Waals surface area (Å²) in [6, 6.07) is 4.52. The number of pyridine rings is 1. The number of carbonyl (C=O) groups is 7. The summed E-state index contributed by atoms with van der Waals surface area (Å²) in [7, 11) is 1.80. The molecule has 6 amide bonds. The van der Waals surface area contributed by atoms with Crippen LogP contribution < -0.4 is 37.3 Å². The molecule has 4 rings (SSSR count). The van der Waals surface area contributed by atoms with E-state index in [9.17, 15) is 38.7 Å². The highest BCUT2D eigenvalue weighted by Gasteiger charge is 2.45. The maximum absolute atomic E-state index is 14.6. The number of nitrogens with two attached hydrogens (primary N) is 2. The number of aryl methyl sites for hydroxylation is 1. The number of hydrogen-bond donors (Lipinski definition) is 7. The van der Waals surface area contributed by atoms with Gasteiger partial charge in [-0.2, -0.15) is 0 Å². The van der Waals surface area contributed by atoms with Gasteiger partial charge in [0.25, 0.3) is 0 Å². The molecular weight excluding hydrogens is 793 g/mol. The molecule has 18 heteroatoms. The van der Waals surface area contributed by atoms with Gasteiger partial charge in [0.15, 0.2) is 12.4 Å². The minimum Gasteiger partial charge on any atom is -0.481 e. The summed E-state index contributed by atoms with van der Waals surface area (Å²) in [6.07, 6.45) is 8.78. The molecule has 17 nitrogen and oxygen atoms in total. The van der Waals surface area contributed by atoms with Crippen molar-refractivity contribution in [3.05, 3.63) is 72.6 Å². The lowest BCUT2D eigenvalue weighted by Gasteiger charge is -2.37. The Morgan fingerprint density at radius 1 is 0.917 bits per heavy atom. The zero-order valence-electron chi connectivity index (χ0n) is 34.5. The molecule has 2 fully saturated rings. The smallest absolute Gasteiger partial charge is 0.408 e. The number of carboxylic acid groups (broad SMARTS) is 1. The summed E-state index contributed by atoms with van der Waals surface area (Å²) in [5.41, 5.74) is 13.4. The molecule has 1 aromatic carbocycles. The fraction of sp³-hybridized carbons (Fsp3) is 0.524. The Labute approximate surface area is 354 Å². The molecule has 1 saturated heterocycles. The first-order valence-electron chi connectivity index (χ1n) is 20.2. The van der Waals surface area contributed by atoms with Gasteiger partial charge in [-0.1, -0.05) is 44.1 Å². The molecule has 2 aromatic rings. The Balaban J connectivity index is 1.68. The third-order valence-corrected chi connectivity index (χ3v) is 12.2. The Morgan fingerprint density at radius 3 is 2.20 bits per heavy atom. The van der Waals surface area contributed by atoms with Crippen LogP contribution in [-0.4, -0.2) is 105 Å². The van der Waals surface area contributed by atoms with Crippen molar-refractivity contribution in [2.45, 2.75) is 107 Å². The van der Waals surface area contributed by atoms with Crippen molar-refractivity contribution in [3.63, 3.8) is 0 Å². The number of benzene rings is 1. The molecule has 0 radical (unpaired) electrons. The molecule has 1 aromatic heterocycles. The summed E-state index contributed by atoms with van der Waals surface area (Å²) < 4.78 is 5.69. The van der Waals surface area contributed by atoms with Gasteiger partial charge >= 0.3 is 12.1 Å². The second-order valence-electron chi connectivity index (χ2n) is 15.9. The van der Waals surface area contributed by atoms with Crippen LogP contribution in [0.25, 0.3) is 0 Å². The molecular formula is C42H59N8O9S+. The van der Waals surface area contributed by atoms with Gasteiger partial charge in [0.1, 0.15) is 43.9 Å². The van der Waals surface area contributed by atoms with Crippen LogP contribution in [0.2, 0.25) is 0 Å². The van der Waals surface area contributed by atoms with E-state index in [2.05, 4.69) is 27.8 Å². The van der Waals surface area contributed by atoms with E-state index in [1.165, 1.54) is 11.0 Å². The molecule has 326 valence electrons. The molecule has 1 aliphatic carbocycles. The number of nitrogens with zero attached hydrogens (tertiary/aromatic N) is 2. The quantitative estimate of drug-likeness (QED) is 0.0567. The van der Waals surface area contributed by atoms with Crippen LogP contribution in [-0.2, 0) is 53.4 Å². The number of hydrogen-bond acceptors (Lipinski definition) is 10. The summed E-state index contributed by atoms with van der Waals surface area (Å²) in [4.78, 5) is 95.7. The van der Waals surface area contributed by atoms with E-state index < -0.39 is 76.6 Å². The number of carboxylic acids is 1. The van der Waals surface area contributed by atoms with E-state index in [4.69, 9.17) is 16.2 Å². The Hall–Kier alpha value is -5.65. The van der Waals surface area contributed by atoms with Crippen molar-refractivity contribution < 1.29 is 48.0 Å². The van der Waals surface area contributed by atoms with Gasteiger partial charge in [-0.3, -0.25) is 28.8 Å². The number of alkyl carbamates (subject to hydrolysis) is 1. The predicted molar refractivity (Wildman–Crippen MR) is 225 cm³/mol. The van der Waals surface area contributed by atoms with Gasteiger partial charge in [0, 0.05) is 41.5 Å². The van der Waals surface area contributed by atoms with E-state index in [-0.39, 0.29) is 37.7 Å². The first-order chi connectivity index (χ1) is 28.5. The number of amides is 6. The molecule has 2 heterocycles. The van der Waals surface area contributed by atoms with Crippen molar-refractivity contribution in [1.82, 2.24) is 26.2 Å². The molecule has 2 aliphatic rings. The summed E-state index contributed by atoms with van der Waals surface area (Å²) in [6.45, 7) is 6.92. The van der Waals surface area contributed by atoms with Gasteiger partial charge in [-0.05, 0) is 69.2 Å². The predicted octanol–water partition coefficient (Wildman–Crippen LogP) is 1.27. The third-order valence-electron chi connectivity index (χ3n) is 10.8. The first-order valence-corrected chi connectivity index (χ1v) is 21.2. The lowest BCUT2D eigenvalue weighted by Crippen LogP contribution is -2.63. The summed E-state index contributed by atoms with van der Waals surface area (Å²) >= 11 is 0.942. The zero-order valence-corrected chi connectivity index (χ0v) is 35.3. The standard InChI is InChI=1S/C42H58N8O9S/c1-5-21-59-41(58)46-31(22-26-15-17-29(43)18-16-26)37(54)47-34(28-12-7-6-8-13-28)39(56)45-30(23-27-11-9-19-49(4)24-27)38(55)48-35(42(2,3)60-25-33(51)52)40(57)50-20-10-14-32(50)36(44)53/h5,9,11,15-19,24,28,30-32,34-35H,1,6-8,10,12-14,20-23,25,43H2,2-4H3,(H6-,44,45,46,47,48,51,52,53,54,55,56,58)/p+1/t30-,31-,32-,34-,35+/m0/s1. The van der Waals surface area contributed by atoms with Crippen molar-refractivity contribution in [2.75, 3.05) is 24.6 Å². The number of aliphatic carboxylic acids is 1. The highest BCUT2D eigenvalue weighted by atomic mass is 32.2. The number of anilines is 1.